The minimum Gasteiger partial charge on any atom is -0.415 e. The van der Waals surface area contributed by atoms with Crippen LogP contribution in [0.3, 0.4) is 0 Å². The summed E-state index contributed by atoms with van der Waals surface area (Å²) in [7, 11) is -3.74. The smallest absolute Gasteiger partial charge is 0.177 e. The van der Waals surface area contributed by atoms with E-state index in [2.05, 4.69) is 53.9 Å². The van der Waals surface area contributed by atoms with Crippen LogP contribution in [0, 0.1) is 0 Å². The van der Waals surface area contributed by atoms with Crippen molar-refractivity contribution in [3.63, 3.8) is 0 Å². The van der Waals surface area contributed by atoms with Crippen molar-refractivity contribution in [3.8, 4) is 0 Å². The summed E-state index contributed by atoms with van der Waals surface area (Å²) in [6.07, 6.45) is 2.65. The summed E-state index contributed by atoms with van der Waals surface area (Å²) in [6.45, 7) is 20.1. The second-order valence-electron chi connectivity index (χ2n) is 8.04. The Morgan fingerprint density at radius 2 is 1.39 bits per heavy atom. The average molecular weight is 303 g/mol. The lowest BCUT2D eigenvalue weighted by molar-refractivity contribution is 0.117. The fraction of sp³-hybridized carbons (Fsp3) is 1.00. The van der Waals surface area contributed by atoms with E-state index in [0.29, 0.717) is 0 Å². The van der Waals surface area contributed by atoms with Gasteiger partial charge in [0.25, 0.3) is 0 Å². The third-order valence-electron chi connectivity index (χ3n) is 5.48. The van der Waals surface area contributed by atoms with Crippen molar-refractivity contribution in [1.29, 1.82) is 0 Å². The van der Waals surface area contributed by atoms with Gasteiger partial charge in [-0.25, -0.2) is 0 Å². The summed E-state index contributed by atoms with van der Waals surface area (Å²) in [6, 6.07) is 4.21. The van der Waals surface area contributed by atoms with E-state index >= 15 is 0 Å². The molecule has 0 aromatic heterocycles. The first kappa shape index (κ1) is 16.7. The lowest BCUT2D eigenvalue weighted by atomic mass is 10.2. The van der Waals surface area contributed by atoms with Crippen molar-refractivity contribution in [1.82, 2.24) is 0 Å². The molecule has 0 spiro atoms. The van der Waals surface area contributed by atoms with E-state index < -0.39 is 22.5 Å². The van der Waals surface area contributed by atoms with Crippen LogP contribution in [0.5, 0.6) is 0 Å². The molecule has 0 atom stereocenters. The highest BCUT2D eigenvalue weighted by atomic mass is 29.6. The zero-order valence-electron chi connectivity index (χ0n) is 13.9. The molecule has 1 heterocycles. The average Bonchev–Trinajstić information content (AvgIpc) is 2.13. The Morgan fingerprint density at radius 3 is 1.78 bits per heavy atom. The minimum atomic E-state index is -1.48. The molecule has 0 saturated carbocycles. The van der Waals surface area contributed by atoms with Gasteiger partial charge in [-0.15, -0.1) is 0 Å². The molecule has 0 aromatic rings. The molecule has 0 amide bonds. The molecule has 1 rings (SSSR count). The number of hydrogen-bond acceptors (Lipinski definition) is 1. The lowest BCUT2D eigenvalue weighted by Gasteiger charge is -2.60. The Labute approximate surface area is 117 Å². The van der Waals surface area contributed by atoms with Crippen molar-refractivity contribution in [2.24, 2.45) is 0 Å². The van der Waals surface area contributed by atoms with E-state index in [1.165, 1.54) is 31.0 Å². The molecule has 0 radical (unpaired) electrons. The topological polar surface area (TPSA) is 9.23 Å². The minimum absolute atomic E-state index is 0.162. The summed E-state index contributed by atoms with van der Waals surface area (Å²) < 4.78 is 6.93. The second kappa shape index (κ2) is 5.19. The molecule has 1 nitrogen and oxygen atoms in total. The molecule has 0 aromatic carbocycles. The van der Waals surface area contributed by atoms with Crippen LogP contribution < -0.4 is 0 Å². The van der Waals surface area contributed by atoms with Gasteiger partial charge >= 0.3 is 0 Å². The molecule has 1 aliphatic rings. The van der Waals surface area contributed by atoms with Crippen LogP contribution in [0.15, 0.2) is 0 Å². The number of rotatable bonds is 4. The summed E-state index contributed by atoms with van der Waals surface area (Å²) in [5, 5.41) is 0. The fourth-order valence-electron chi connectivity index (χ4n) is 4.25. The Hall–Kier alpha value is 0.611. The highest BCUT2D eigenvalue weighted by Gasteiger charge is 2.63. The molecule has 18 heavy (non-hydrogen) atoms. The SMILES string of the molecule is CCC[Si]1(CCC)OC(C)(C)C[Si](C)(C)[Si]1(C)C. The summed E-state index contributed by atoms with van der Waals surface area (Å²) in [5.74, 6) is 0. The highest BCUT2D eigenvalue weighted by Crippen LogP contribution is 2.47. The van der Waals surface area contributed by atoms with Crippen LogP contribution in [-0.2, 0) is 4.43 Å². The quantitative estimate of drug-likeness (QED) is 0.654. The first-order valence-corrected chi connectivity index (χ1v) is 18.3. The Morgan fingerprint density at radius 1 is 0.944 bits per heavy atom. The normalized spacial score (nSPS) is 28.0. The zero-order valence-corrected chi connectivity index (χ0v) is 16.9. The van der Waals surface area contributed by atoms with Crippen LogP contribution in [0.1, 0.15) is 40.5 Å². The van der Waals surface area contributed by atoms with Gasteiger partial charge in [-0.2, -0.15) is 0 Å². The van der Waals surface area contributed by atoms with Gasteiger partial charge in [0, 0.05) is 13.2 Å². The van der Waals surface area contributed by atoms with Gasteiger partial charge in [-0.1, -0.05) is 52.9 Å². The molecule has 0 unspecified atom stereocenters. The molecular weight excluding hydrogens is 268 g/mol. The molecule has 1 saturated heterocycles. The maximum Gasteiger partial charge on any atom is 0.177 e. The van der Waals surface area contributed by atoms with Crippen molar-refractivity contribution in [2.45, 2.75) is 90.5 Å². The first-order chi connectivity index (χ1) is 8.04. The highest BCUT2D eigenvalue weighted by molar-refractivity contribution is 7.68. The standard InChI is InChI=1S/C14H34OSi3/c1-9-11-18(12-10-2)15-14(3,4)13-16(5,6)17(18,7)8/h9-13H2,1-8H3. The summed E-state index contributed by atoms with van der Waals surface area (Å²) >= 11 is 0. The lowest BCUT2D eigenvalue weighted by Crippen LogP contribution is -2.79. The molecule has 1 fully saturated rings. The molecule has 0 bridgehead atoms. The largest absolute Gasteiger partial charge is 0.415 e. The van der Waals surface area contributed by atoms with Crippen LogP contribution in [0.4, 0.5) is 0 Å². The van der Waals surface area contributed by atoms with Crippen LogP contribution in [0.2, 0.25) is 44.3 Å². The van der Waals surface area contributed by atoms with Gasteiger partial charge < -0.3 is 4.43 Å². The molecule has 1 aliphatic heterocycles. The van der Waals surface area contributed by atoms with Crippen molar-refractivity contribution >= 4 is 22.5 Å². The van der Waals surface area contributed by atoms with Gasteiger partial charge in [0.15, 0.2) is 7.83 Å². The Bertz CT molecular complexity index is 291. The Balaban J connectivity index is 3.25. The fourth-order valence-corrected chi connectivity index (χ4v) is 40.7. The van der Waals surface area contributed by atoms with Gasteiger partial charge in [0.2, 0.25) is 0 Å². The van der Waals surface area contributed by atoms with Gasteiger partial charge in [-0.05, 0) is 32.0 Å². The van der Waals surface area contributed by atoms with E-state index in [1.54, 1.807) is 0 Å². The van der Waals surface area contributed by atoms with E-state index in [1.807, 2.05) is 0 Å². The predicted molar refractivity (Wildman–Crippen MR) is 90.9 cm³/mol. The molecular formula is C14H34OSi3. The second-order valence-corrected chi connectivity index (χ2v) is 34.4. The van der Waals surface area contributed by atoms with Crippen molar-refractivity contribution < 1.29 is 4.43 Å². The van der Waals surface area contributed by atoms with E-state index in [-0.39, 0.29) is 5.60 Å². The first-order valence-electron chi connectivity index (χ1n) is 7.74. The van der Waals surface area contributed by atoms with E-state index in [4.69, 9.17) is 4.43 Å². The third kappa shape index (κ3) is 2.72. The molecule has 4 heteroatoms. The van der Waals surface area contributed by atoms with Crippen LogP contribution in [-0.4, -0.2) is 28.1 Å². The summed E-state index contributed by atoms with van der Waals surface area (Å²) in [5.41, 5.74) is 0.162. The van der Waals surface area contributed by atoms with Gasteiger partial charge in [0.05, 0.1) is 7.11 Å². The molecule has 0 N–H and O–H groups in total. The Kier molecular flexibility index (Phi) is 4.80. The monoisotopic (exact) mass is 302 g/mol. The molecule has 0 aliphatic carbocycles. The zero-order chi connectivity index (χ0) is 14.2. The van der Waals surface area contributed by atoms with Gasteiger partial charge in [-0.3, -0.25) is 0 Å². The molecule has 108 valence electrons. The van der Waals surface area contributed by atoms with Crippen molar-refractivity contribution in [3.05, 3.63) is 0 Å². The maximum atomic E-state index is 6.93. The predicted octanol–water partition coefficient (Wildman–Crippen LogP) is 5.13. The van der Waals surface area contributed by atoms with E-state index in [9.17, 15) is 0 Å². The third-order valence-corrected chi connectivity index (χ3v) is 45.9. The number of hydrogen-bond donors (Lipinski definition) is 0. The van der Waals surface area contributed by atoms with Gasteiger partial charge in [0.1, 0.15) is 0 Å². The van der Waals surface area contributed by atoms with Crippen LogP contribution in [0.25, 0.3) is 0 Å². The van der Waals surface area contributed by atoms with E-state index in [0.717, 1.165) is 0 Å². The van der Waals surface area contributed by atoms with Crippen LogP contribution >= 0.6 is 0 Å². The van der Waals surface area contributed by atoms with Crippen molar-refractivity contribution in [2.75, 3.05) is 0 Å². The maximum absolute atomic E-state index is 6.93. The summed E-state index contributed by atoms with van der Waals surface area (Å²) in [4.78, 5) is 0.